The largest absolute Gasteiger partial charge is 0.444 e. The number of anilines is 2. The van der Waals surface area contributed by atoms with Crippen LogP contribution in [0.25, 0.3) is 0 Å². The van der Waals surface area contributed by atoms with Gasteiger partial charge in [-0.3, -0.25) is 4.79 Å². The number of ether oxygens (including phenoxy) is 1. The van der Waals surface area contributed by atoms with Crippen molar-refractivity contribution < 1.29 is 14.3 Å². The Hall–Kier alpha value is -3.02. The summed E-state index contributed by atoms with van der Waals surface area (Å²) in [6, 6.07) is 17.4. The second-order valence-electron chi connectivity index (χ2n) is 6.22. The first kappa shape index (κ1) is 15.5. The summed E-state index contributed by atoms with van der Waals surface area (Å²) in [6.07, 6.45) is -0.577. The Morgan fingerprint density at radius 1 is 1.12 bits per heavy atom. The number of nitrogens with zero attached hydrogens (tertiary/aromatic N) is 2. The summed E-state index contributed by atoms with van der Waals surface area (Å²) in [5, 5.41) is 3.36. The van der Waals surface area contributed by atoms with E-state index in [0.717, 1.165) is 16.9 Å². The van der Waals surface area contributed by atoms with Gasteiger partial charge in [0.05, 0.1) is 30.5 Å². The van der Waals surface area contributed by atoms with Gasteiger partial charge in [0.1, 0.15) is 6.61 Å². The number of imide groups is 1. The average Bonchev–Trinajstić information content (AvgIpc) is 2.66. The molecule has 128 valence electrons. The van der Waals surface area contributed by atoms with Crippen LogP contribution < -0.4 is 10.2 Å². The second kappa shape index (κ2) is 6.47. The molecule has 0 saturated carbocycles. The van der Waals surface area contributed by atoms with Gasteiger partial charge in [0.15, 0.2) is 0 Å². The van der Waals surface area contributed by atoms with E-state index in [1.807, 2.05) is 54.6 Å². The molecule has 1 atom stereocenters. The van der Waals surface area contributed by atoms with E-state index in [4.69, 9.17) is 4.74 Å². The Labute approximate surface area is 146 Å². The van der Waals surface area contributed by atoms with Crippen LogP contribution in [-0.2, 0) is 16.1 Å². The minimum absolute atomic E-state index is 0.0527. The van der Waals surface area contributed by atoms with Gasteiger partial charge in [-0.05, 0) is 17.7 Å². The van der Waals surface area contributed by atoms with Crippen LogP contribution in [0.15, 0.2) is 54.6 Å². The molecule has 2 aliphatic rings. The molecule has 0 radical (unpaired) electrons. The SMILES string of the molecule is O=C1CN2c3ccccc3NCC2CN1C(=O)OCc1ccccc1. The van der Waals surface area contributed by atoms with Crippen LogP contribution in [0.2, 0.25) is 0 Å². The first-order valence-corrected chi connectivity index (χ1v) is 8.33. The van der Waals surface area contributed by atoms with Crippen LogP contribution in [-0.4, -0.2) is 42.6 Å². The van der Waals surface area contributed by atoms with Crippen molar-refractivity contribution in [2.24, 2.45) is 0 Å². The molecule has 2 amide bonds. The van der Waals surface area contributed by atoms with E-state index in [9.17, 15) is 9.59 Å². The number of para-hydroxylation sites is 2. The number of piperazine rings is 1. The minimum Gasteiger partial charge on any atom is -0.444 e. The molecule has 2 aromatic rings. The number of benzene rings is 2. The second-order valence-corrected chi connectivity index (χ2v) is 6.22. The molecule has 0 aliphatic carbocycles. The Bertz CT molecular complexity index is 794. The third-order valence-corrected chi connectivity index (χ3v) is 4.61. The van der Waals surface area contributed by atoms with Crippen molar-refractivity contribution in [3.05, 3.63) is 60.2 Å². The number of nitrogens with one attached hydrogen (secondary N) is 1. The summed E-state index contributed by atoms with van der Waals surface area (Å²) in [7, 11) is 0. The van der Waals surface area contributed by atoms with E-state index >= 15 is 0 Å². The third kappa shape index (κ3) is 3.03. The summed E-state index contributed by atoms with van der Waals surface area (Å²) in [5.41, 5.74) is 2.92. The van der Waals surface area contributed by atoms with E-state index in [-0.39, 0.29) is 25.1 Å². The Balaban J connectivity index is 1.44. The molecule has 2 aromatic carbocycles. The smallest absolute Gasteiger partial charge is 0.416 e. The zero-order chi connectivity index (χ0) is 17.2. The monoisotopic (exact) mass is 337 g/mol. The van der Waals surface area contributed by atoms with E-state index in [1.165, 1.54) is 4.90 Å². The fourth-order valence-electron chi connectivity index (χ4n) is 3.30. The van der Waals surface area contributed by atoms with E-state index < -0.39 is 6.09 Å². The molecule has 0 aromatic heterocycles. The molecular weight excluding hydrogens is 318 g/mol. The van der Waals surface area contributed by atoms with E-state index in [0.29, 0.717) is 13.1 Å². The number of hydrogen-bond donors (Lipinski definition) is 1. The van der Waals surface area contributed by atoms with Crippen molar-refractivity contribution >= 4 is 23.4 Å². The van der Waals surface area contributed by atoms with Gasteiger partial charge in [-0.15, -0.1) is 0 Å². The fraction of sp³-hybridized carbons (Fsp3) is 0.263. The first-order valence-electron chi connectivity index (χ1n) is 8.33. The number of carbonyl (C=O) groups excluding carboxylic acids is 2. The molecule has 0 bridgehead atoms. The third-order valence-electron chi connectivity index (χ3n) is 4.61. The standard InChI is InChI=1S/C19H19N3O3/c23-18-12-21-15(10-20-16-8-4-5-9-17(16)21)11-22(18)19(24)25-13-14-6-2-1-3-7-14/h1-9,15,20H,10-13H2. The molecule has 6 heteroatoms. The number of fused-ring (bicyclic) bond motifs is 3. The Morgan fingerprint density at radius 2 is 1.88 bits per heavy atom. The van der Waals surface area contributed by atoms with Crippen molar-refractivity contribution in [1.82, 2.24) is 4.90 Å². The first-order chi connectivity index (χ1) is 12.2. The number of hydrogen-bond acceptors (Lipinski definition) is 5. The predicted octanol–water partition coefficient (Wildman–Crippen LogP) is 2.47. The molecule has 2 aliphatic heterocycles. The molecular formula is C19H19N3O3. The van der Waals surface area contributed by atoms with Crippen molar-refractivity contribution in [3.8, 4) is 0 Å². The maximum Gasteiger partial charge on any atom is 0.416 e. The minimum atomic E-state index is -0.577. The maximum absolute atomic E-state index is 12.5. The van der Waals surface area contributed by atoms with Crippen molar-refractivity contribution in [3.63, 3.8) is 0 Å². The van der Waals surface area contributed by atoms with Crippen molar-refractivity contribution in [2.45, 2.75) is 12.6 Å². The van der Waals surface area contributed by atoms with Crippen LogP contribution >= 0.6 is 0 Å². The van der Waals surface area contributed by atoms with E-state index in [1.54, 1.807) is 0 Å². The average molecular weight is 337 g/mol. The normalized spacial score (nSPS) is 18.9. The highest BCUT2D eigenvalue weighted by Gasteiger charge is 2.38. The Morgan fingerprint density at radius 3 is 2.72 bits per heavy atom. The number of carbonyl (C=O) groups is 2. The number of amides is 2. The zero-order valence-corrected chi connectivity index (χ0v) is 13.7. The fourth-order valence-corrected chi connectivity index (χ4v) is 3.30. The summed E-state index contributed by atoms with van der Waals surface area (Å²) in [6.45, 7) is 1.36. The quantitative estimate of drug-likeness (QED) is 0.912. The van der Waals surface area contributed by atoms with Crippen LogP contribution in [0.3, 0.4) is 0 Å². The lowest BCUT2D eigenvalue weighted by Gasteiger charge is -2.44. The van der Waals surface area contributed by atoms with Gasteiger partial charge in [0.25, 0.3) is 5.91 Å². The highest BCUT2D eigenvalue weighted by molar-refractivity contribution is 5.96. The van der Waals surface area contributed by atoms with Gasteiger partial charge >= 0.3 is 6.09 Å². The van der Waals surface area contributed by atoms with Crippen LogP contribution in [0.5, 0.6) is 0 Å². The molecule has 0 spiro atoms. The predicted molar refractivity (Wildman–Crippen MR) is 94.4 cm³/mol. The lowest BCUT2D eigenvalue weighted by Crippen LogP contribution is -2.61. The Kier molecular flexibility index (Phi) is 4.01. The molecule has 1 unspecified atom stereocenters. The summed E-state index contributed by atoms with van der Waals surface area (Å²) < 4.78 is 5.31. The summed E-state index contributed by atoms with van der Waals surface area (Å²) in [4.78, 5) is 28.1. The van der Waals surface area contributed by atoms with Gasteiger partial charge in [-0.2, -0.15) is 0 Å². The topological polar surface area (TPSA) is 61.9 Å². The zero-order valence-electron chi connectivity index (χ0n) is 13.7. The molecule has 2 heterocycles. The van der Waals surface area contributed by atoms with Gasteiger partial charge in [0, 0.05) is 6.54 Å². The van der Waals surface area contributed by atoms with Crippen LogP contribution in [0, 0.1) is 0 Å². The summed E-state index contributed by atoms with van der Waals surface area (Å²) in [5.74, 6) is -0.231. The highest BCUT2D eigenvalue weighted by Crippen LogP contribution is 2.33. The van der Waals surface area contributed by atoms with Gasteiger partial charge < -0.3 is 15.0 Å². The number of rotatable bonds is 2. The van der Waals surface area contributed by atoms with Crippen molar-refractivity contribution in [2.75, 3.05) is 29.9 Å². The van der Waals surface area contributed by atoms with Gasteiger partial charge in [-0.25, -0.2) is 9.69 Å². The molecule has 1 N–H and O–H groups in total. The lowest BCUT2D eigenvalue weighted by atomic mass is 10.1. The molecule has 25 heavy (non-hydrogen) atoms. The maximum atomic E-state index is 12.5. The molecule has 1 fully saturated rings. The molecule has 1 saturated heterocycles. The van der Waals surface area contributed by atoms with Crippen molar-refractivity contribution in [1.29, 1.82) is 0 Å². The van der Waals surface area contributed by atoms with Crippen LogP contribution in [0.4, 0.5) is 16.2 Å². The van der Waals surface area contributed by atoms with Gasteiger partial charge in [-0.1, -0.05) is 42.5 Å². The van der Waals surface area contributed by atoms with E-state index in [2.05, 4.69) is 10.2 Å². The van der Waals surface area contributed by atoms with Gasteiger partial charge in [0.2, 0.25) is 0 Å². The highest BCUT2D eigenvalue weighted by atomic mass is 16.6. The summed E-state index contributed by atoms with van der Waals surface area (Å²) >= 11 is 0. The van der Waals surface area contributed by atoms with Crippen LogP contribution in [0.1, 0.15) is 5.56 Å². The lowest BCUT2D eigenvalue weighted by molar-refractivity contribution is -0.130. The molecule has 6 nitrogen and oxygen atoms in total. The molecule has 4 rings (SSSR count).